The average molecular weight is 384 g/mol. The maximum Gasteiger partial charge on any atom is 0.407 e. The van der Waals surface area contributed by atoms with Crippen molar-refractivity contribution < 1.29 is 9.53 Å². The lowest BCUT2D eigenvalue weighted by molar-refractivity contribution is 0.0972. The van der Waals surface area contributed by atoms with E-state index in [-0.39, 0.29) is 18.2 Å². The van der Waals surface area contributed by atoms with Gasteiger partial charge in [0.1, 0.15) is 6.10 Å². The molecule has 1 saturated heterocycles. The fourth-order valence-corrected chi connectivity index (χ4v) is 4.10. The smallest absolute Gasteiger partial charge is 0.407 e. The van der Waals surface area contributed by atoms with Crippen molar-refractivity contribution >= 4 is 17.6 Å². The third-order valence-electron chi connectivity index (χ3n) is 5.68. The summed E-state index contributed by atoms with van der Waals surface area (Å²) in [6, 6.07) is 6.12. The zero-order valence-electron chi connectivity index (χ0n) is 16.4. The monoisotopic (exact) mass is 384 g/mol. The number of hydrogen-bond donors (Lipinski definition) is 3. The number of H-pyrrole nitrogens is 1. The quantitative estimate of drug-likeness (QED) is 0.734. The van der Waals surface area contributed by atoms with Crippen LogP contribution in [0.3, 0.4) is 0 Å². The summed E-state index contributed by atoms with van der Waals surface area (Å²) in [5.41, 5.74) is 2.95. The summed E-state index contributed by atoms with van der Waals surface area (Å²) < 4.78 is 5.65. The number of carbonyl (C=O) groups excluding carboxylic acids is 1. The Morgan fingerprint density at radius 2 is 2.25 bits per heavy atom. The number of aromatic nitrogens is 3. The van der Waals surface area contributed by atoms with Crippen LogP contribution < -0.4 is 10.6 Å². The highest BCUT2D eigenvalue weighted by Gasteiger charge is 2.31. The third-order valence-corrected chi connectivity index (χ3v) is 5.68. The molecule has 28 heavy (non-hydrogen) atoms. The molecule has 1 saturated carbocycles. The molecule has 0 bridgehead atoms. The lowest BCUT2D eigenvalue weighted by Crippen LogP contribution is -2.38. The SMILES string of the molecule is Cc1ncccc1Nc1cc(C2CCC(OC(=O)NC3CCN(C)C3)C2)[nH]n1. The first-order valence-electron chi connectivity index (χ1n) is 9.96. The number of alkyl carbamates (subject to hydrolysis) is 1. The highest BCUT2D eigenvalue weighted by atomic mass is 16.6. The Morgan fingerprint density at radius 3 is 3.04 bits per heavy atom. The van der Waals surface area contributed by atoms with Crippen LogP contribution in [-0.4, -0.2) is 58.5 Å². The van der Waals surface area contributed by atoms with Crippen LogP contribution in [0.2, 0.25) is 0 Å². The fourth-order valence-electron chi connectivity index (χ4n) is 4.10. The molecule has 0 aromatic carbocycles. The molecular formula is C20H28N6O2. The number of pyridine rings is 1. The summed E-state index contributed by atoms with van der Waals surface area (Å²) in [5.74, 6) is 1.10. The normalized spacial score (nSPS) is 25.0. The van der Waals surface area contributed by atoms with Crippen LogP contribution in [0, 0.1) is 6.92 Å². The van der Waals surface area contributed by atoms with E-state index in [1.54, 1.807) is 6.20 Å². The van der Waals surface area contributed by atoms with Crippen molar-refractivity contribution in [3.63, 3.8) is 0 Å². The van der Waals surface area contributed by atoms with E-state index in [4.69, 9.17) is 4.74 Å². The lowest BCUT2D eigenvalue weighted by Gasteiger charge is -2.16. The zero-order chi connectivity index (χ0) is 19.5. The zero-order valence-corrected chi connectivity index (χ0v) is 16.4. The number of likely N-dealkylation sites (tertiary alicyclic amines) is 1. The first kappa shape index (κ1) is 18.7. The van der Waals surface area contributed by atoms with Gasteiger partial charge in [-0.1, -0.05) is 0 Å². The number of nitrogens with zero attached hydrogens (tertiary/aromatic N) is 3. The van der Waals surface area contributed by atoms with E-state index in [9.17, 15) is 4.79 Å². The molecule has 2 aromatic rings. The van der Waals surface area contributed by atoms with E-state index in [0.29, 0.717) is 5.92 Å². The van der Waals surface area contributed by atoms with Crippen LogP contribution in [0.5, 0.6) is 0 Å². The van der Waals surface area contributed by atoms with Gasteiger partial charge >= 0.3 is 6.09 Å². The summed E-state index contributed by atoms with van der Waals surface area (Å²) in [5, 5.41) is 13.8. The first-order chi connectivity index (χ1) is 13.6. The standard InChI is InChI=1S/C20H28N6O2/c1-13-17(4-3-8-21-13)23-19-11-18(24-25-19)14-5-6-16(10-14)28-20(27)22-15-7-9-26(2)12-15/h3-4,8,11,14-16H,5-7,9-10,12H2,1-2H3,(H,22,27)(H2,23,24,25). The van der Waals surface area contributed by atoms with Crippen molar-refractivity contribution in [1.29, 1.82) is 0 Å². The number of rotatable bonds is 5. The van der Waals surface area contributed by atoms with Gasteiger partial charge in [0, 0.05) is 36.5 Å². The van der Waals surface area contributed by atoms with Crippen LogP contribution in [0.25, 0.3) is 0 Å². The van der Waals surface area contributed by atoms with Crippen LogP contribution in [0.4, 0.5) is 16.3 Å². The number of hydrogen-bond acceptors (Lipinski definition) is 6. The number of amides is 1. The summed E-state index contributed by atoms with van der Waals surface area (Å²) >= 11 is 0. The second-order valence-corrected chi connectivity index (χ2v) is 7.90. The van der Waals surface area contributed by atoms with Crippen LogP contribution in [0.15, 0.2) is 24.4 Å². The van der Waals surface area contributed by atoms with Crippen molar-refractivity contribution in [2.75, 3.05) is 25.5 Å². The molecule has 4 rings (SSSR count). The average Bonchev–Trinajstić information content (AvgIpc) is 3.39. The summed E-state index contributed by atoms with van der Waals surface area (Å²) in [7, 11) is 2.07. The molecule has 1 amide bonds. The number of carbonyl (C=O) groups is 1. The molecule has 2 fully saturated rings. The van der Waals surface area contributed by atoms with Crippen LogP contribution in [0.1, 0.15) is 43.0 Å². The molecule has 8 heteroatoms. The van der Waals surface area contributed by atoms with Crippen molar-refractivity contribution in [2.24, 2.45) is 0 Å². The van der Waals surface area contributed by atoms with Gasteiger partial charge in [-0.05, 0) is 58.3 Å². The predicted molar refractivity (Wildman–Crippen MR) is 107 cm³/mol. The molecule has 1 aliphatic carbocycles. The van der Waals surface area contributed by atoms with Crippen molar-refractivity contribution in [3.8, 4) is 0 Å². The molecule has 0 radical (unpaired) electrons. The van der Waals surface area contributed by atoms with Gasteiger partial charge in [0.05, 0.1) is 11.4 Å². The summed E-state index contributed by atoms with van der Waals surface area (Å²) in [6.07, 6.45) is 5.12. The Morgan fingerprint density at radius 1 is 1.36 bits per heavy atom. The van der Waals surface area contributed by atoms with Gasteiger partial charge in [-0.3, -0.25) is 10.1 Å². The third kappa shape index (κ3) is 4.44. The molecule has 1 aliphatic heterocycles. The minimum atomic E-state index is -0.287. The van der Waals surface area contributed by atoms with Gasteiger partial charge in [-0.2, -0.15) is 5.10 Å². The van der Waals surface area contributed by atoms with E-state index in [1.807, 2.05) is 25.1 Å². The number of aryl methyl sites for hydroxylation is 1. The molecule has 3 unspecified atom stereocenters. The molecule has 3 heterocycles. The van der Waals surface area contributed by atoms with Gasteiger partial charge in [-0.15, -0.1) is 0 Å². The minimum absolute atomic E-state index is 0.0376. The van der Waals surface area contributed by atoms with Crippen molar-refractivity contribution in [3.05, 3.63) is 35.8 Å². The number of ether oxygens (including phenoxy) is 1. The van der Waals surface area contributed by atoms with E-state index in [0.717, 1.165) is 61.7 Å². The number of nitrogens with one attached hydrogen (secondary N) is 3. The summed E-state index contributed by atoms with van der Waals surface area (Å²) in [6.45, 7) is 3.87. The fraction of sp³-hybridized carbons (Fsp3) is 0.550. The maximum atomic E-state index is 12.2. The van der Waals surface area contributed by atoms with Gasteiger partial charge in [0.25, 0.3) is 0 Å². The lowest BCUT2D eigenvalue weighted by atomic mass is 10.0. The molecule has 3 atom stereocenters. The largest absolute Gasteiger partial charge is 0.446 e. The highest BCUT2D eigenvalue weighted by Crippen LogP contribution is 2.36. The second kappa shape index (κ2) is 8.18. The number of likely N-dealkylation sites (N-methyl/N-ethyl adjacent to an activating group) is 1. The molecule has 2 aromatic heterocycles. The molecular weight excluding hydrogens is 356 g/mol. The van der Waals surface area contributed by atoms with Crippen molar-refractivity contribution in [1.82, 2.24) is 25.4 Å². The van der Waals surface area contributed by atoms with E-state index in [1.165, 1.54) is 0 Å². The van der Waals surface area contributed by atoms with Gasteiger partial charge in [0.15, 0.2) is 5.82 Å². The predicted octanol–water partition coefficient (Wildman–Crippen LogP) is 2.92. The van der Waals surface area contributed by atoms with E-state index in [2.05, 4.69) is 37.8 Å². The molecule has 150 valence electrons. The Labute approximate surface area is 165 Å². The number of anilines is 2. The Bertz CT molecular complexity index is 823. The molecule has 8 nitrogen and oxygen atoms in total. The maximum absolute atomic E-state index is 12.2. The topological polar surface area (TPSA) is 95.2 Å². The van der Waals surface area contributed by atoms with Crippen LogP contribution in [-0.2, 0) is 4.74 Å². The Balaban J connectivity index is 1.28. The van der Waals surface area contributed by atoms with E-state index >= 15 is 0 Å². The Kier molecular flexibility index (Phi) is 5.47. The first-order valence-corrected chi connectivity index (χ1v) is 9.96. The van der Waals surface area contributed by atoms with Gasteiger partial charge < -0.3 is 20.3 Å². The van der Waals surface area contributed by atoms with Crippen LogP contribution >= 0.6 is 0 Å². The Hall–Kier alpha value is -2.61. The minimum Gasteiger partial charge on any atom is -0.446 e. The summed E-state index contributed by atoms with van der Waals surface area (Å²) in [4.78, 5) is 18.7. The molecule has 0 spiro atoms. The molecule has 2 aliphatic rings. The van der Waals surface area contributed by atoms with E-state index < -0.39 is 0 Å². The van der Waals surface area contributed by atoms with Gasteiger partial charge in [0.2, 0.25) is 0 Å². The van der Waals surface area contributed by atoms with Crippen molar-refractivity contribution in [2.45, 2.75) is 50.7 Å². The number of aromatic amines is 1. The van der Waals surface area contributed by atoms with Gasteiger partial charge in [-0.25, -0.2) is 4.79 Å². The second-order valence-electron chi connectivity index (χ2n) is 7.90. The molecule has 3 N–H and O–H groups in total. The highest BCUT2D eigenvalue weighted by molar-refractivity contribution is 5.68.